The van der Waals surface area contributed by atoms with Gasteiger partial charge in [-0.15, -0.1) is 6.58 Å². The second kappa shape index (κ2) is 9.47. The second-order valence-electron chi connectivity index (χ2n) is 3.97. The summed E-state index contributed by atoms with van der Waals surface area (Å²) in [6.07, 6.45) is 3.66. The van der Waals surface area contributed by atoms with Gasteiger partial charge in [-0.1, -0.05) is 6.08 Å². The first-order valence-corrected chi connectivity index (χ1v) is 5.87. The van der Waals surface area contributed by atoms with Crippen molar-refractivity contribution in [3.63, 3.8) is 0 Å². The van der Waals surface area contributed by atoms with Crippen LogP contribution in [0.1, 0.15) is 19.3 Å². The molecule has 0 aliphatic carbocycles. The zero-order valence-electron chi connectivity index (χ0n) is 11.0. The molecule has 1 unspecified atom stereocenters. The fraction of sp³-hybridized carbons (Fsp3) is 0.667. The third-order valence-electron chi connectivity index (χ3n) is 2.45. The number of aliphatic carboxylic acids is 1. The molecule has 104 valence electrons. The van der Waals surface area contributed by atoms with Gasteiger partial charge in [-0.05, 0) is 12.8 Å². The van der Waals surface area contributed by atoms with E-state index in [0.717, 1.165) is 12.8 Å². The highest BCUT2D eigenvalue weighted by atomic mass is 16.5. The molecule has 18 heavy (non-hydrogen) atoms. The van der Waals surface area contributed by atoms with Crippen LogP contribution in [0.25, 0.3) is 0 Å². The molecule has 2 N–H and O–H groups in total. The lowest BCUT2D eigenvalue weighted by molar-refractivity contribution is -0.139. The van der Waals surface area contributed by atoms with Crippen molar-refractivity contribution in [1.82, 2.24) is 10.2 Å². The Labute approximate surface area is 108 Å². The van der Waals surface area contributed by atoms with E-state index >= 15 is 0 Å². The first-order chi connectivity index (χ1) is 8.52. The number of urea groups is 1. The van der Waals surface area contributed by atoms with Crippen LogP contribution in [0.5, 0.6) is 0 Å². The Morgan fingerprint density at radius 1 is 1.56 bits per heavy atom. The molecule has 0 rings (SSSR count). The Hall–Kier alpha value is -1.56. The summed E-state index contributed by atoms with van der Waals surface area (Å²) >= 11 is 0. The Morgan fingerprint density at radius 2 is 2.22 bits per heavy atom. The number of nitrogens with one attached hydrogen (secondary N) is 1. The fourth-order valence-corrected chi connectivity index (χ4v) is 1.33. The summed E-state index contributed by atoms with van der Waals surface area (Å²) in [6.45, 7) is 4.45. The van der Waals surface area contributed by atoms with Gasteiger partial charge in [0.25, 0.3) is 0 Å². The van der Waals surface area contributed by atoms with Crippen molar-refractivity contribution in [2.45, 2.75) is 25.3 Å². The van der Waals surface area contributed by atoms with Gasteiger partial charge in [0, 0.05) is 33.7 Å². The van der Waals surface area contributed by atoms with Gasteiger partial charge in [0.15, 0.2) is 0 Å². The Balaban J connectivity index is 4.14. The number of allylic oxidation sites excluding steroid dienone is 1. The van der Waals surface area contributed by atoms with E-state index in [-0.39, 0.29) is 19.1 Å². The molecule has 2 amide bonds. The zero-order valence-corrected chi connectivity index (χ0v) is 11.0. The smallest absolute Gasteiger partial charge is 0.326 e. The van der Waals surface area contributed by atoms with E-state index in [2.05, 4.69) is 11.9 Å². The van der Waals surface area contributed by atoms with Crippen LogP contribution in [-0.2, 0) is 9.53 Å². The van der Waals surface area contributed by atoms with Crippen molar-refractivity contribution in [2.75, 3.05) is 27.3 Å². The van der Waals surface area contributed by atoms with E-state index in [0.29, 0.717) is 6.54 Å². The van der Waals surface area contributed by atoms with Crippen LogP contribution in [0.4, 0.5) is 4.79 Å². The highest BCUT2D eigenvalue weighted by molar-refractivity contribution is 5.82. The Morgan fingerprint density at radius 3 is 2.72 bits per heavy atom. The summed E-state index contributed by atoms with van der Waals surface area (Å²) in [6, 6.07) is -1.30. The maximum absolute atomic E-state index is 11.7. The maximum atomic E-state index is 11.7. The van der Waals surface area contributed by atoms with Gasteiger partial charge in [0.2, 0.25) is 0 Å². The number of hydrogen-bond donors (Lipinski definition) is 2. The van der Waals surface area contributed by atoms with Crippen LogP contribution in [0.2, 0.25) is 0 Å². The predicted octanol–water partition coefficient (Wildman–Crippen LogP) is 1.08. The number of rotatable bonds is 9. The molecule has 0 bridgehead atoms. The lowest BCUT2D eigenvalue weighted by Crippen LogP contribution is -2.47. The first kappa shape index (κ1) is 16.4. The molecule has 0 aliphatic rings. The van der Waals surface area contributed by atoms with E-state index in [1.807, 2.05) is 0 Å². The van der Waals surface area contributed by atoms with E-state index in [9.17, 15) is 9.59 Å². The van der Waals surface area contributed by atoms with Gasteiger partial charge in [0.05, 0.1) is 0 Å². The summed E-state index contributed by atoms with van der Waals surface area (Å²) in [5.41, 5.74) is 0. The number of carboxylic acid groups (broad SMARTS) is 1. The maximum Gasteiger partial charge on any atom is 0.326 e. The number of ether oxygens (including phenoxy) is 1. The number of carboxylic acids is 1. The first-order valence-electron chi connectivity index (χ1n) is 5.87. The topological polar surface area (TPSA) is 78.9 Å². The zero-order chi connectivity index (χ0) is 14.0. The number of amides is 2. The molecule has 6 nitrogen and oxygen atoms in total. The van der Waals surface area contributed by atoms with Crippen LogP contribution >= 0.6 is 0 Å². The molecular weight excluding hydrogens is 236 g/mol. The molecule has 1 atom stereocenters. The number of hydrogen-bond acceptors (Lipinski definition) is 3. The molecule has 0 aromatic carbocycles. The minimum Gasteiger partial charge on any atom is -0.480 e. The molecule has 0 heterocycles. The average Bonchev–Trinajstić information content (AvgIpc) is 2.33. The third kappa shape index (κ3) is 6.90. The molecule has 6 heteroatoms. The molecule has 0 saturated carbocycles. The van der Waals surface area contributed by atoms with Gasteiger partial charge < -0.3 is 20.1 Å². The summed E-state index contributed by atoms with van der Waals surface area (Å²) in [5, 5.41) is 11.4. The standard InChI is InChI=1S/C12H22N2O4/c1-4-5-6-8-14(2)12(17)13-10(11(15)16)7-9-18-3/h4,10H,1,5-9H2,2-3H3,(H,13,17)(H,15,16). The highest BCUT2D eigenvalue weighted by Gasteiger charge is 2.21. The van der Waals surface area contributed by atoms with Gasteiger partial charge in [-0.3, -0.25) is 0 Å². The van der Waals surface area contributed by atoms with Crippen molar-refractivity contribution in [3.8, 4) is 0 Å². The molecule has 0 radical (unpaired) electrons. The largest absolute Gasteiger partial charge is 0.480 e. The van der Waals surface area contributed by atoms with E-state index in [4.69, 9.17) is 9.84 Å². The number of carbonyl (C=O) groups excluding carboxylic acids is 1. The van der Waals surface area contributed by atoms with Gasteiger partial charge in [-0.25, -0.2) is 9.59 Å². The van der Waals surface area contributed by atoms with Crippen LogP contribution in [0, 0.1) is 0 Å². The number of nitrogens with zero attached hydrogens (tertiary/aromatic N) is 1. The van der Waals surface area contributed by atoms with Gasteiger partial charge in [0.1, 0.15) is 6.04 Å². The highest BCUT2D eigenvalue weighted by Crippen LogP contribution is 1.98. The summed E-state index contributed by atoms with van der Waals surface area (Å²) in [4.78, 5) is 24.1. The lowest BCUT2D eigenvalue weighted by Gasteiger charge is -2.21. The summed E-state index contributed by atoms with van der Waals surface area (Å²) in [5.74, 6) is -1.06. The van der Waals surface area contributed by atoms with Crippen molar-refractivity contribution in [2.24, 2.45) is 0 Å². The van der Waals surface area contributed by atoms with Gasteiger partial charge >= 0.3 is 12.0 Å². The third-order valence-corrected chi connectivity index (χ3v) is 2.45. The molecule has 0 aromatic heterocycles. The van der Waals surface area contributed by atoms with Crippen LogP contribution < -0.4 is 5.32 Å². The predicted molar refractivity (Wildman–Crippen MR) is 68.5 cm³/mol. The number of methoxy groups -OCH3 is 1. The molecule has 0 spiro atoms. The molecule has 0 fully saturated rings. The Kier molecular flexibility index (Phi) is 8.65. The van der Waals surface area contributed by atoms with Crippen LogP contribution in [0.15, 0.2) is 12.7 Å². The lowest BCUT2D eigenvalue weighted by atomic mass is 10.2. The average molecular weight is 258 g/mol. The second-order valence-corrected chi connectivity index (χ2v) is 3.97. The number of carbonyl (C=O) groups is 2. The quantitative estimate of drug-likeness (QED) is 0.479. The molecule has 0 aromatic rings. The minimum atomic E-state index is -1.06. The van der Waals surface area contributed by atoms with Gasteiger partial charge in [-0.2, -0.15) is 0 Å². The van der Waals surface area contributed by atoms with E-state index in [1.165, 1.54) is 12.0 Å². The molecule has 0 saturated heterocycles. The minimum absolute atomic E-state index is 0.248. The normalized spacial score (nSPS) is 11.7. The monoisotopic (exact) mass is 258 g/mol. The van der Waals surface area contributed by atoms with Crippen molar-refractivity contribution < 1.29 is 19.4 Å². The van der Waals surface area contributed by atoms with Crippen LogP contribution in [0.3, 0.4) is 0 Å². The molecule has 0 aliphatic heterocycles. The summed E-state index contributed by atoms with van der Waals surface area (Å²) < 4.78 is 4.80. The van der Waals surface area contributed by atoms with Crippen molar-refractivity contribution in [3.05, 3.63) is 12.7 Å². The number of unbranched alkanes of at least 4 members (excludes halogenated alkanes) is 1. The summed E-state index contributed by atoms with van der Waals surface area (Å²) in [7, 11) is 3.12. The fourth-order valence-electron chi connectivity index (χ4n) is 1.33. The van der Waals surface area contributed by atoms with E-state index < -0.39 is 12.0 Å². The van der Waals surface area contributed by atoms with Crippen LogP contribution in [-0.4, -0.2) is 55.4 Å². The molecular formula is C12H22N2O4. The van der Waals surface area contributed by atoms with Crippen molar-refractivity contribution in [1.29, 1.82) is 0 Å². The van der Waals surface area contributed by atoms with E-state index in [1.54, 1.807) is 13.1 Å². The van der Waals surface area contributed by atoms with Crippen molar-refractivity contribution >= 4 is 12.0 Å². The SMILES string of the molecule is C=CCCCN(C)C(=O)NC(CCOC)C(=O)O. The Bertz CT molecular complexity index is 281.